The fourth-order valence-electron chi connectivity index (χ4n) is 3.06. The average molecular weight is 284 g/mol. The summed E-state index contributed by atoms with van der Waals surface area (Å²) in [5.41, 5.74) is 5.57. The molecule has 2 fully saturated rings. The Labute approximate surface area is 124 Å². The number of nitrogens with zero attached hydrogens (tertiary/aromatic N) is 3. The maximum absolute atomic E-state index is 5.57. The van der Waals surface area contributed by atoms with Crippen molar-refractivity contribution in [1.29, 1.82) is 0 Å². The Morgan fingerprint density at radius 3 is 1.95 bits per heavy atom. The molecule has 0 bridgehead atoms. The molecule has 20 heavy (non-hydrogen) atoms. The van der Waals surface area contributed by atoms with Gasteiger partial charge in [-0.05, 0) is 45.4 Å². The monoisotopic (exact) mass is 284 g/mol. The minimum absolute atomic E-state index is 0.833. The molecule has 0 spiro atoms. The van der Waals surface area contributed by atoms with Crippen LogP contribution in [0.15, 0.2) is 0 Å². The Kier molecular flexibility index (Phi) is 7.83. The van der Waals surface area contributed by atoms with Gasteiger partial charge in [0, 0.05) is 39.3 Å². The fraction of sp³-hybridized carbons (Fsp3) is 1.00. The maximum Gasteiger partial charge on any atom is 0.0594 e. The molecule has 0 radical (unpaired) electrons. The molecule has 0 aliphatic carbocycles. The van der Waals surface area contributed by atoms with Crippen LogP contribution in [0.1, 0.15) is 19.3 Å². The Bertz CT molecular complexity index is 246. The highest BCUT2D eigenvalue weighted by atomic mass is 16.5. The maximum atomic E-state index is 5.57. The van der Waals surface area contributed by atoms with Crippen LogP contribution in [0.2, 0.25) is 0 Å². The normalized spacial score (nSPS) is 23.9. The first kappa shape index (κ1) is 16.2. The van der Waals surface area contributed by atoms with E-state index in [2.05, 4.69) is 14.7 Å². The zero-order chi connectivity index (χ0) is 14.0. The minimum Gasteiger partial charge on any atom is -0.379 e. The van der Waals surface area contributed by atoms with Crippen molar-refractivity contribution in [2.75, 3.05) is 78.7 Å². The second kappa shape index (κ2) is 9.68. The number of nitrogens with two attached hydrogens (primary N) is 1. The summed E-state index contributed by atoms with van der Waals surface area (Å²) >= 11 is 0. The Morgan fingerprint density at radius 1 is 0.700 bits per heavy atom. The molecule has 2 saturated heterocycles. The molecule has 2 N–H and O–H groups in total. The molecule has 0 amide bonds. The molecule has 0 aromatic rings. The summed E-state index contributed by atoms with van der Waals surface area (Å²) in [7, 11) is 0. The van der Waals surface area contributed by atoms with E-state index < -0.39 is 0 Å². The van der Waals surface area contributed by atoms with Crippen LogP contribution in [0.4, 0.5) is 0 Å². The van der Waals surface area contributed by atoms with E-state index in [0.29, 0.717) is 0 Å². The molecule has 5 heteroatoms. The van der Waals surface area contributed by atoms with E-state index in [1.165, 1.54) is 58.7 Å². The van der Waals surface area contributed by atoms with Gasteiger partial charge in [-0.15, -0.1) is 0 Å². The first-order chi connectivity index (χ1) is 9.88. The highest BCUT2D eigenvalue weighted by molar-refractivity contribution is 4.72. The lowest BCUT2D eigenvalue weighted by atomic mass is 10.3. The number of hydrogen-bond donors (Lipinski definition) is 1. The molecular formula is C15H32N4O. The molecule has 0 atom stereocenters. The van der Waals surface area contributed by atoms with E-state index in [1.54, 1.807) is 0 Å². The van der Waals surface area contributed by atoms with Crippen LogP contribution in [-0.4, -0.2) is 93.4 Å². The average Bonchev–Trinajstić information content (AvgIpc) is 2.72. The number of hydrogen-bond acceptors (Lipinski definition) is 5. The second-order valence-electron chi connectivity index (χ2n) is 5.99. The van der Waals surface area contributed by atoms with Crippen LogP contribution in [0.5, 0.6) is 0 Å². The zero-order valence-electron chi connectivity index (χ0n) is 12.9. The molecule has 5 nitrogen and oxygen atoms in total. The van der Waals surface area contributed by atoms with Gasteiger partial charge in [0.1, 0.15) is 0 Å². The van der Waals surface area contributed by atoms with Crippen LogP contribution >= 0.6 is 0 Å². The predicted octanol–water partition coefficient (Wildman–Crippen LogP) is 0.0652. The van der Waals surface area contributed by atoms with E-state index >= 15 is 0 Å². The number of morpholine rings is 1. The van der Waals surface area contributed by atoms with Gasteiger partial charge in [0.15, 0.2) is 0 Å². The summed E-state index contributed by atoms with van der Waals surface area (Å²) in [6.07, 6.45) is 3.73. The van der Waals surface area contributed by atoms with Crippen molar-refractivity contribution >= 4 is 0 Å². The summed E-state index contributed by atoms with van der Waals surface area (Å²) in [5.74, 6) is 0. The van der Waals surface area contributed by atoms with E-state index in [-0.39, 0.29) is 0 Å². The van der Waals surface area contributed by atoms with Gasteiger partial charge in [-0.3, -0.25) is 4.90 Å². The first-order valence-electron chi connectivity index (χ1n) is 8.33. The van der Waals surface area contributed by atoms with Crippen LogP contribution in [-0.2, 0) is 4.74 Å². The molecule has 2 aliphatic heterocycles. The summed E-state index contributed by atoms with van der Waals surface area (Å²) in [6, 6.07) is 0. The zero-order valence-corrected chi connectivity index (χ0v) is 12.9. The third-order valence-electron chi connectivity index (χ3n) is 4.45. The van der Waals surface area contributed by atoms with Crippen molar-refractivity contribution in [2.24, 2.45) is 5.73 Å². The van der Waals surface area contributed by atoms with Crippen LogP contribution in [0, 0.1) is 0 Å². The molecule has 2 rings (SSSR count). The third-order valence-corrected chi connectivity index (χ3v) is 4.45. The highest BCUT2D eigenvalue weighted by Gasteiger charge is 2.16. The lowest BCUT2D eigenvalue weighted by molar-refractivity contribution is 0.0335. The SMILES string of the molecule is NCCCCN1CCCN(CCN2CCOCC2)CC1. The van der Waals surface area contributed by atoms with Crippen LogP contribution in [0.25, 0.3) is 0 Å². The number of unbranched alkanes of at least 4 members (excludes halogenated alkanes) is 1. The van der Waals surface area contributed by atoms with Gasteiger partial charge in [-0.1, -0.05) is 0 Å². The first-order valence-corrected chi connectivity index (χ1v) is 8.33. The van der Waals surface area contributed by atoms with Crippen molar-refractivity contribution < 1.29 is 4.74 Å². The Balaban J connectivity index is 1.59. The van der Waals surface area contributed by atoms with Gasteiger partial charge in [-0.25, -0.2) is 0 Å². The lowest BCUT2D eigenvalue weighted by Crippen LogP contribution is -2.42. The van der Waals surface area contributed by atoms with E-state index in [0.717, 1.165) is 39.3 Å². The molecule has 0 unspecified atom stereocenters. The summed E-state index contributed by atoms with van der Waals surface area (Å²) in [4.78, 5) is 7.79. The molecule has 2 heterocycles. The molecule has 0 saturated carbocycles. The fourth-order valence-corrected chi connectivity index (χ4v) is 3.06. The molecule has 0 aromatic heterocycles. The van der Waals surface area contributed by atoms with Gasteiger partial charge in [0.2, 0.25) is 0 Å². The topological polar surface area (TPSA) is 45.0 Å². The van der Waals surface area contributed by atoms with E-state index in [9.17, 15) is 0 Å². The summed E-state index contributed by atoms with van der Waals surface area (Å²) < 4.78 is 5.40. The van der Waals surface area contributed by atoms with Crippen molar-refractivity contribution in [3.05, 3.63) is 0 Å². The lowest BCUT2D eigenvalue weighted by Gasteiger charge is -2.29. The van der Waals surface area contributed by atoms with Gasteiger partial charge in [0.25, 0.3) is 0 Å². The standard InChI is InChI=1S/C15H32N4O/c16-4-1-2-5-17-6-3-7-18(9-8-17)10-11-19-12-14-20-15-13-19/h1-16H2. The Morgan fingerprint density at radius 2 is 1.30 bits per heavy atom. The van der Waals surface area contributed by atoms with Gasteiger partial charge >= 0.3 is 0 Å². The number of rotatable bonds is 7. The van der Waals surface area contributed by atoms with Gasteiger partial charge in [-0.2, -0.15) is 0 Å². The molecule has 2 aliphatic rings. The summed E-state index contributed by atoms with van der Waals surface area (Å²) in [5, 5.41) is 0. The minimum atomic E-state index is 0.833. The van der Waals surface area contributed by atoms with Crippen molar-refractivity contribution in [3.63, 3.8) is 0 Å². The Hall–Kier alpha value is -0.200. The quantitative estimate of drug-likeness (QED) is 0.670. The van der Waals surface area contributed by atoms with Crippen LogP contribution in [0.3, 0.4) is 0 Å². The molecular weight excluding hydrogens is 252 g/mol. The smallest absolute Gasteiger partial charge is 0.0594 e. The largest absolute Gasteiger partial charge is 0.379 e. The third kappa shape index (κ3) is 6.06. The van der Waals surface area contributed by atoms with E-state index in [1.807, 2.05) is 0 Å². The van der Waals surface area contributed by atoms with Gasteiger partial charge in [0.05, 0.1) is 13.2 Å². The molecule has 118 valence electrons. The summed E-state index contributed by atoms with van der Waals surface area (Å²) in [6.45, 7) is 13.5. The van der Waals surface area contributed by atoms with Crippen LogP contribution < -0.4 is 5.73 Å². The molecule has 0 aromatic carbocycles. The van der Waals surface area contributed by atoms with Crippen molar-refractivity contribution in [2.45, 2.75) is 19.3 Å². The highest BCUT2D eigenvalue weighted by Crippen LogP contribution is 2.05. The van der Waals surface area contributed by atoms with Crippen molar-refractivity contribution in [3.8, 4) is 0 Å². The second-order valence-corrected chi connectivity index (χ2v) is 5.99. The van der Waals surface area contributed by atoms with Crippen molar-refractivity contribution in [1.82, 2.24) is 14.7 Å². The van der Waals surface area contributed by atoms with Gasteiger partial charge < -0.3 is 20.3 Å². The predicted molar refractivity (Wildman–Crippen MR) is 83.0 cm³/mol. The number of ether oxygens (including phenoxy) is 1. The van der Waals surface area contributed by atoms with E-state index in [4.69, 9.17) is 10.5 Å².